The Bertz CT molecular complexity index is 1380. The van der Waals surface area contributed by atoms with E-state index in [-0.39, 0.29) is 0 Å². The standard InChI is InChI=1S/C28H23NO5/c1-3-7-19(8-4-1)13-21-15-30-18-27(32-21)24-14-23-28(34-24)22(11-12-29-23)26-17-31-16-25(33-26)20-9-5-2-6-10-20/h1-3,5,7,9,11-12,14-18H,4,6,8,10,13H2. The monoisotopic (exact) mass is 453 g/mol. The fraction of sp³-hybridized carbons (Fsp3) is 0.179. The minimum absolute atomic E-state index is 0.503. The summed E-state index contributed by atoms with van der Waals surface area (Å²) in [5.41, 5.74) is 4.43. The van der Waals surface area contributed by atoms with Crippen LogP contribution in [0.15, 0.2) is 107 Å². The Balaban J connectivity index is 1.24. The predicted octanol–water partition coefficient (Wildman–Crippen LogP) is 7.14. The van der Waals surface area contributed by atoms with Gasteiger partial charge in [-0.05, 0) is 37.3 Å². The number of nitrogens with zero attached hydrogens (tertiary/aromatic N) is 1. The summed E-state index contributed by atoms with van der Waals surface area (Å²) in [7, 11) is 0. The van der Waals surface area contributed by atoms with E-state index in [0.29, 0.717) is 40.6 Å². The van der Waals surface area contributed by atoms with Crippen LogP contribution >= 0.6 is 0 Å². The van der Waals surface area contributed by atoms with Crippen molar-refractivity contribution in [1.82, 2.24) is 4.98 Å². The summed E-state index contributed by atoms with van der Waals surface area (Å²) >= 11 is 0. The second-order valence-electron chi connectivity index (χ2n) is 8.32. The normalized spacial score (nSPS) is 19.4. The first-order valence-electron chi connectivity index (χ1n) is 11.4. The predicted molar refractivity (Wildman–Crippen MR) is 128 cm³/mol. The van der Waals surface area contributed by atoms with Crippen molar-refractivity contribution in [2.45, 2.75) is 32.1 Å². The minimum Gasteiger partial charge on any atom is -0.465 e. The molecule has 2 aromatic heterocycles. The third-order valence-electron chi connectivity index (χ3n) is 5.94. The molecule has 0 radical (unpaired) electrons. The molecular formula is C28H23NO5. The van der Waals surface area contributed by atoms with Gasteiger partial charge in [-0.15, -0.1) is 0 Å². The Morgan fingerprint density at radius 2 is 1.65 bits per heavy atom. The number of allylic oxidation sites excluding steroid dienone is 8. The maximum Gasteiger partial charge on any atom is 0.204 e. The van der Waals surface area contributed by atoms with Crippen molar-refractivity contribution in [3.8, 4) is 0 Å². The van der Waals surface area contributed by atoms with Crippen molar-refractivity contribution in [2.24, 2.45) is 0 Å². The molecule has 4 heterocycles. The molecule has 2 aliphatic heterocycles. The molecule has 4 aliphatic rings. The summed E-state index contributed by atoms with van der Waals surface area (Å²) < 4.78 is 29.7. The molecule has 34 heavy (non-hydrogen) atoms. The van der Waals surface area contributed by atoms with Gasteiger partial charge in [0.1, 0.15) is 36.3 Å². The molecule has 0 spiro atoms. The number of hydrogen-bond acceptors (Lipinski definition) is 6. The molecule has 2 aliphatic carbocycles. The molecule has 0 fully saturated rings. The van der Waals surface area contributed by atoms with Crippen LogP contribution in [0.1, 0.15) is 43.4 Å². The molecular weight excluding hydrogens is 430 g/mol. The van der Waals surface area contributed by atoms with Gasteiger partial charge >= 0.3 is 0 Å². The molecule has 6 heteroatoms. The first-order chi connectivity index (χ1) is 16.8. The average Bonchev–Trinajstić information content (AvgIpc) is 3.35. The molecule has 0 bridgehead atoms. The van der Waals surface area contributed by atoms with E-state index in [1.165, 1.54) is 5.57 Å². The van der Waals surface area contributed by atoms with Crippen LogP contribution in [0, 0.1) is 0 Å². The summed E-state index contributed by atoms with van der Waals surface area (Å²) in [6.07, 6.45) is 25.4. The van der Waals surface area contributed by atoms with Gasteiger partial charge in [0.15, 0.2) is 22.9 Å². The highest BCUT2D eigenvalue weighted by atomic mass is 16.6. The van der Waals surface area contributed by atoms with E-state index in [0.717, 1.165) is 42.6 Å². The van der Waals surface area contributed by atoms with Crippen molar-refractivity contribution in [2.75, 3.05) is 0 Å². The van der Waals surface area contributed by atoms with Gasteiger partial charge in [-0.2, -0.15) is 0 Å². The first-order valence-corrected chi connectivity index (χ1v) is 11.4. The Morgan fingerprint density at radius 1 is 0.824 bits per heavy atom. The molecule has 170 valence electrons. The smallest absolute Gasteiger partial charge is 0.204 e. The third kappa shape index (κ3) is 4.10. The van der Waals surface area contributed by atoms with Gasteiger partial charge in [-0.1, -0.05) is 42.0 Å². The van der Waals surface area contributed by atoms with E-state index in [1.807, 2.05) is 24.3 Å². The molecule has 2 aromatic rings. The van der Waals surface area contributed by atoms with Gasteiger partial charge in [0.05, 0.1) is 5.56 Å². The number of furan rings is 1. The van der Waals surface area contributed by atoms with Gasteiger partial charge < -0.3 is 23.4 Å². The van der Waals surface area contributed by atoms with Crippen LogP contribution in [-0.4, -0.2) is 4.98 Å². The van der Waals surface area contributed by atoms with Crippen LogP contribution in [0.5, 0.6) is 0 Å². The molecule has 6 nitrogen and oxygen atoms in total. The number of pyridine rings is 1. The summed E-state index contributed by atoms with van der Waals surface area (Å²) in [6, 6.07) is 3.69. The molecule has 0 amide bonds. The van der Waals surface area contributed by atoms with Gasteiger partial charge in [0.25, 0.3) is 0 Å². The lowest BCUT2D eigenvalue weighted by molar-refractivity contribution is 0.266. The van der Waals surface area contributed by atoms with Gasteiger partial charge in [0, 0.05) is 18.7 Å². The van der Waals surface area contributed by atoms with Crippen LogP contribution < -0.4 is 0 Å². The van der Waals surface area contributed by atoms with Gasteiger partial charge in [-0.3, -0.25) is 4.98 Å². The SMILES string of the molecule is C1=CCCC(CC2=COC=C(c3cc4nccc(C5=COC=C(C6=CC=CCC6)O5)c4o3)O2)=C1. The van der Waals surface area contributed by atoms with E-state index in [2.05, 4.69) is 29.3 Å². The first kappa shape index (κ1) is 20.4. The van der Waals surface area contributed by atoms with E-state index < -0.39 is 0 Å². The van der Waals surface area contributed by atoms with Crippen LogP contribution in [0.3, 0.4) is 0 Å². The van der Waals surface area contributed by atoms with E-state index in [1.54, 1.807) is 31.2 Å². The molecule has 0 aromatic carbocycles. The fourth-order valence-corrected chi connectivity index (χ4v) is 4.22. The van der Waals surface area contributed by atoms with E-state index in [4.69, 9.17) is 23.4 Å². The largest absolute Gasteiger partial charge is 0.465 e. The third-order valence-corrected chi connectivity index (χ3v) is 5.94. The Labute approximate surface area is 197 Å². The minimum atomic E-state index is 0.503. The average molecular weight is 453 g/mol. The topological polar surface area (TPSA) is 63.0 Å². The Morgan fingerprint density at radius 3 is 2.50 bits per heavy atom. The summed E-state index contributed by atoms with van der Waals surface area (Å²) in [5.74, 6) is 3.04. The maximum atomic E-state index is 6.20. The Kier molecular flexibility index (Phi) is 5.39. The summed E-state index contributed by atoms with van der Waals surface area (Å²) in [6.45, 7) is 0. The number of ether oxygens (including phenoxy) is 4. The number of aromatic nitrogens is 1. The van der Waals surface area contributed by atoms with Gasteiger partial charge in [-0.25, -0.2) is 0 Å². The second kappa shape index (κ2) is 8.98. The zero-order chi connectivity index (χ0) is 22.7. The number of fused-ring (bicyclic) bond motifs is 1. The van der Waals surface area contributed by atoms with Crippen molar-refractivity contribution in [1.29, 1.82) is 0 Å². The summed E-state index contributed by atoms with van der Waals surface area (Å²) in [4.78, 5) is 4.47. The lowest BCUT2D eigenvalue weighted by atomic mass is 10.0. The maximum absolute atomic E-state index is 6.20. The number of hydrogen-bond donors (Lipinski definition) is 0. The van der Waals surface area contributed by atoms with Crippen molar-refractivity contribution in [3.63, 3.8) is 0 Å². The molecule has 0 N–H and O–H groups in total. The highest BCUT2D eigenvalue weighted by Gasteiger charge is 2.23. The molecule has 0 atom stereocenters. The zero-order valence-electron chi connectivity index (χ0n) is 18.5. The van der Waals surface area contributed by atoms with Crippen LogP contribution in [0.4, 0.5) is 0 Å². The van der Waals surface area contributed by atoms with E-state index in [9.17, 15) is 0 Å². The van der Waals surface area contributed by atoms with Crippen molar-refractivity contribution in [3.05, 3.63) is 114 Å². The van der Waals surface area contributed by atoms with Gasteiger partial charge in [0.2, 0.25) is 5.76 Å². The lowest BCUT2D eigenvalue weighted by Gasteiger charge is -2.19. The molecule has 0 saturated carbocycles. The highest BCUT2D eigenvalue weighted by Crippen LogP contribution is 2.36. The highest BCUT2D eigenvalue weighted by molar-refractivity contribution is 5.87. The zero-order valence-corrected chi connectivity index (χ0v) is 18.5. The fourth-order valence-electron chi connectivity index (χ4n) is 4.22. The quantitative estimate of drug-likeness (QED) is 0.479. The summed E-state index contributed by atoms with van der Waals surface area (Å²) in [5, 5.41) is 0. The van der Waals surface area contributed by atoms with Crippen LogP contribution in [0.2, 0.25) is 0 Å². The lowest BCUT2D eigenvalue weighted by Crippen LogP contribution is -2.03. The van der Waals surface area contributed by atoms with Crippen LogP contribution in [-0.2, 0) is 18.9 Å². The van der Waals surface area contributed by atoms with Crippen molar-refractivity contribution >= 4 is 22.6 Å². The molecule has 6 rings (SSSR count). The Hall–Kier alpha value is -4.19. The second-order valence-corrected chi connectivity index (χ2v) is 8.32. The van der Waals surface area contributed by atoms with Crippen molar-refractivity contribution < 1.29 is 23.4 Å². The van der Waals surface area contributed by atoms with Crippen LogP contribution in [0.25, 0.3) is 22.6 Å². The molecule has 0 saturated heterocycles. The van der Waals surface area contributed by atoms with E-state index >= 15 is 0 Å². The molecule has 0 unspecified atom stereocenters. The number of rotatable bonds is 5.